The van der Waals surface area contributed by atoms with Crippen LogP contribution >= 0.6 is 0 Å². The van der Waals surface area contributed by atoms with E-state index in [1.807, 2.05) is 0 Å². The summed E-state index contributed by atoms with van der Waals surface area (Å²) in [6.07, 6.45) is 0. The van der Waals surface area contributed by atoms with Crippen molar-refractivity contribution in [1.29, 1.82) is 0 Å². The molecule has 0 aliphatic heterocycles. The van der Waals surface area contributed by atoms with Gasteiger partial charge in [-0.15, -0.1) is 0 Å². The summed E-state index contributed by atoms with van der Waals surface area (Å²) in [7, 11) is 0. The minimum Gasteiger partial charge on any atom is -2.00 e. The third-order valence-electron chi connectivity index (χ3n) is 0. The van der Waals surface area contributed by atoms with Gasteiger partial charge in [-0.05, 0) is 0 Å². The molecule has 0 unspecified atom stereocenters. The fraction of sp³-hybridized carbons (Fsp3) is 0. The van der Waals surface area contributed by atoms with Crippen molar-refractivity contribution in [2.24, 2.45) is 0 Å². The zero-order valence-corrected chi connectivity index (χ0v) is 11.3. The van der Waals surface area contributed by atoms with Gasteiger partial charge >= 0.3 is 44.8 Å². The Hall–Kier alpha value is 2.69. The molecule has 0 aliphatic carbocycles. The fourth-order valence-corrected chi connectivity index (χ4v) is 0. The second-order valence-electron chi connectivity index (χ2n) is 0. The standard InChI is InChI=1S/2Ag.O.2Zn/q2*+1;-2;;. The topological polar surface area (TPSA) is 28.5 Å². The minimum atomic E-state index is 0. The molecular formula is Ag2OZn2. The molecule has 0 fully saturated rings. The third kappa shape index (κ3) is 20.3. The number of hydrogen-bond donors (Lipinski definition) is 0. The van der Waals surface area contributed by atoms with Gasteiger partial charge in [0.05, 0.1) is 0 Å². The van der Waals surface area contributed by atoms with Crippen LogP contribution in [0.1, 0.15) is 0 Å². The Kier molecular flexibility index (Phi) is 285. The Morgan fingerprint density at radius 3 is 0.600 bits per heavy atom. The quantitative estimate of drug-likeness (QED) is 0.538. The van der Waals surface area contributed by atoms with Crippen molar-refractivity contribution >= 4 is 0 Å². The summed E-state index contributed by atoms with van der Waals surface area (Å²) < 4.78 is 0. The van der Waals surface area contributed by atoms with Crippen molar-refractivity contribution in [2.45, 2.75) is 0 Å². The van der Waals surface area contributed by atoms with E-state index >= 15 is 0 Å². The number of rotatable bonds is 0. The van der Waals surface area contributed by atoms with Crippen molar-refractivity contribution in [3.05, 3.63) is 0 Å². The first-order valence-electron chi connectivity index (χ1n) is 0. The molecule has 0 spiro atoms. The summed E-state index contributed by atoms with van der Waals surface area (Å²) in [5, 5.41) is 0. The zero-order valence-electron chi connectivity index (χ0n) is 2.43. The second-order valence-corrected chi connectivity index (χ2v) is 0. The SMILES string of the molecule is [Ag+].[Ag+].[O-2].[Zn].[Zn]. The normalized spacial score (nSPS) is 0. The van der Waals surface area contributed by atoms with Crippen molar-refractivity contribution in [3.8, 4) is 0 Å². The molecule has 0 aromatic heterocycles. The first-order valence-corrected chi connectivity index (χ1v) is 0. The van der Waals surface area contributed by atoms with Crippen LogP contribution in [0.2, 0.25) is 0 Å². The molecule has 1 nitrogen and oxygen atoms in total. The van der Waals surface area contributed by atoms with E-state index in [2.05, 4.69) is 0 Å². The van der Waals surface area contributed by atoms with Gasteiger partial charge in [0.1, 0.15) is 0 Å². The van der Waals surface area contributed by atoms with Crippen LogP contribution < -0.4 is 0 Å². The zero-order chi connectivity index (χ0) is 0. The van der Waals surface area contributed by atoms with E-state index in [4.69, 9.17) is 0 Å². The van der Waals surface area contributed by atoms with Crippen LogP contribution in [0, 0.1) is 0 Å². The van der Waals surface area contributed by atoms with Crippen molar-refractivity contribution in [1.82, 2.24) is 0 Å². The van der Waals surface area contributed by atoms with Crippen LogP contribution in [0.5, 0.6) is 0 Å². The van der Waals surface area contributed by atoms with Gasteiger partial charge in [0, 0.05) is 39.0 Å². The molecule has 0 aromatic carbocycles. The first kappa shape index (κ1) is 47.6. The molecular weight excluding hydrogens is 363 g/mol. The maximum Gasteiger partial charge on any atom is 1.00 e. The molecule has 0 rings (SSSR count). The Morgan fingerprint density at radius 2 is 0.600 bits per heavy atom. The summed E-state index contributed by atoms with van der Waals surface area (Å²) in [6, 6.07) is 0. The monoisotopic (exact) mass is 358 g/mol. The van der Waals surface area contributed by atoms with E-state index in [0.29, 0.717) is 0 Å². The van der Waals surface area contributed by atoms with Crippen molar-refractivity contribution < 1.29 is 89.2 Å². The van der Waals surface area contributed by atoms with Crippen LogP contribution in [-0.4, -0.2) is 0 Å². The van der Waals surface area contributed by atoms with E-state index in [9.17, 15) is 0 Å². The van der Waals surface area contributed by atoms with Gasteiger partial charge in [0.15, 0.2) is 0 Å². The van der Waals surface area contributed by atoms with Gasteiger partial charge in [-0.25, -0.2) is 0 Å². The maximum atomic E-state index is 0. The van der Waals surface area contributed by atoms with Crippen LogP contribution in [0.4, 0.5) is 0 Å². The molecule has 0 atom stereocenters. The summed E-state index contributed by atoms with van der Waals surface area (Å²) in [5.74, 6) is 0. The smallest absolute Gasteiger partial charge is 1.00 e. The Morgan fingerprint density at radius 1 is 0.600 bits per heavy atom. The van der Waals surface area contributed by atoms with Gasteiger partial charge in [0.2, 0.25) is 0 Å². The number of hydrogen-bond acceptors (Lipinski definition) is 0. The Labute approximate surface area is 87.9 Å². The van der Waals surface area contributed by atoms with E-state index < -0.39 is 0 Å². The van der Waals surface area contributed by atoms with Gasteiger partial charge in [-0.2, -0.15) is 0 Å². The van der Waals surface area contributed by atoms with E-state index in [1.54, 1.807) is 0 Å². The van der Waals surface area contributed by atoms with Gasteiger partial charge in [0.25, 0.3) is 0 Å². The molecule has 5 heavy (non-hydrogen) atoms. The molecule has 0 N–H and O–H groups in total. The Bertz CT molecular complexity index is 7.61. The molecule has 0 amide bonds. The van der Waals surface area contributed by atoms with Crippen LogP contribution in [-0.2, 0) is 89.2 Å². The average molecular weight is 363 g/mol. The van der Waals surface area contributed by atoms with Gasteiger partial charge in [-0.1, -0.05) is 0 Å². The molecule has 0 heterocycles. The molecule has 0 bridgehead atoms. The second kappa shape index (κ2) is 30.0. The molecule has 0 saturated carbocycles. The van der Waals surface area contributed by atoms with E-state index in [0.717, 1.165) is 0 Å². The van der Waals surface area contributed by atoms with Crippen LogP contribution in [0.3, 0.4) is 0 Å². The average Bonchev–Trinajstić information content (AvgIpc) is 0. The predicted octanol–water partition coefficient (Wildman–Crippen LogP) is -0.129. The maximum absolute atomic E-state index is 0. The molecule has 5 heteroatoms. The Balaban J connectivity index is 0. The van der Waals surface area contributed by atoms with Gasteiger partial charge in [-0.3, -0.25) is 0 Å². The van der Waals surface area contributed by atoms with E-state index in [1.165, 1.54) is 0 Å². The first-order chi connectivity index (χ1) is 0. The molecule has 32 valence electrons. The molecule has 0 radical (unpaired) electrons. The third-order valence-corrected chi connectivity index (χ3v) is 0. The van der Waals surface area contributed by atoms with Crippen LogP contribution in [0.15, 0.2) is 0 Å². The molecule has 0 saturated heterocycles. The van der Waals surface area contributed by atoms with E-state index in [-0.39, 0.29) is 89.2 Å². The summed E-state index contributed by atoms with van der Waals surface area (Å²) >= 11 is 0. The summed E-state index contributed by atoms with van der Waals surface area (Å²) in [5.41, 5.74) is 0. The predicted molar refractivity (Wildman–Crippen MR) is 0.686 cm³/mol. The van der Waals surface area contributed by atoms with Gasteiger partial charge < -0.3 is 5.48 Å². The van der Waals surface area contributed by atoms with Crippen molar-refractivity contribution in [2.75, 3.05) is 0 Å². The summed E-state index contributed by atoms with van der Waals surface area (Å²) in [6.45, 7) is 0. The summed E-state index contributed by atoms with van der Waals surface area (Å²) in [4.78, 5) is 0. The van der Waals surface area contributed by atoms with Crippen molar-refractivity contribution in [3.63, 3.8) is 0 Å². The largest absolute Gasteiger partial charge is 2.00 e. The van der Waals surface area contributed by atoms with Crippen LogP contribution in [0.25, 0.3) is 0 Å². The minimum absolute atomic E-state index is 0. The molecule has 0 aromatic rings. The molecule has 0 aliphatic rings. The fourth-order valence-electron chi connectivity index (χ4n) is 0.